The molecule has 0 heterocycles. The number of hydrogen-bond acceptors (Lipinski definition) is 3. The summed E-state index contributed by atoms with van der Waals surface area (Å²) < 4.78 is 28.0. The van der Waals surface area contributed by atoms with Crippen LogP contribution < -0.4 is 9.62 Å². The van der Waals surface area contributed by atoms with Crippen LogP contribution in [0.1, 0.15) is 44.1 Å². The molecule has 0 saturated heterocycles. The Kier molecular flexibility index (Phi) is 7.19. The van der Waals surface area contributed by atoms with Gasteiger partial charge in [0, 0.05) is 11.1 Å². The first-order valence-electron chi connectivity index (χ1n) is 10.0. The van der Waals surface area contributed by atoms with E-state index < -0.39 is 10.0 Å². The number of halogens is 1. The zero-order valence-corrected chi connectivity index (χ0v) is 18.2. The largest absolute Gasteiger partial charge is 0.352 e. The topological polar surface area (TPSA) is 66.5 Å². The minimum absolute atomic E-state index is 0.104. The second kappa shape index (κ2) is 9.63. The Labute approximate surface area is 178 Å². The lowest BCUT2D eigenvalue weighted by molar-refractivity contribution is -0.120. The van der Waals surface area contributed by atoms with Crippen molar-refractivity contribution < 1.29 is 13.2 Å². The highest BCUT2D eigenvalue weighted by atomic mass is 35.5. The van der Waals surface area contributed by atoms with Crippen molar-refractivity contribution >= 4 is 33.2 Å². The van der Waals surface area contributed by atoms with Gasteiger partial charge in [0.15, 0.2) is 0 Å². The van der Waals surface area contributed by atoms with Gasteiger partial charge in [-0.1, -0.05) is 55.5 Å². The highest BCUT2D eigenvalue weighted by molar-refractivity contribution is 7.92. The van der Waals surface area contributed by atoms with Crippen LogP contribution in [-0.4, -0.2) is 26.9 Å². The molecular formula is C22H27ClN2O3S. The van der Waals surface area contributed by atoms with Crippen LogP contribution >= 0.6 is 11.6 Å². The summed E-state index contributed by atoms with van der Waals surface area (Å²) in [6, 6.07) is 13.3. The molecule has 0 atom stereocenters. The smallest absolute Gasteiger partial charge is 0.264 e. The second-order valence-electron chi connectivity index (χ2n) is 7.51. The van der Waals surface area contributed by atoms with Gasteiger partial charge in [0.25, 0.3) is 10.0 Å². The summed E-state index contributed by atoms with van der Waals surface area (Å²) in [5, 5.41) is 3.50. The molecule has 7 heteroatoms. The van der Waals surface area contributed by atoms with Crippen LogP contribution in [-0.2, 0) is 14.8 Å². The Morgan fingerprint density at radius 1 is 1.03 bits per heavy atom. The average molecular weight is 435 g/mol. The molecule has 29 heavy (non-hydrogen) atoms. The minimum Gasteiger partial charge on any atom is -0.352 e. The molecule has 1 fully saturated rings. The van der Waals surface area contributed by atoms with Gasteiger partial charge < -0.3 is 5.32 Å². The van der Waals surface area contributed by atoms with E-state index in [0.717, 1.165) is 31.2 Å². The van der Waals surface area contributed by atoms with E-state index in [-0.39, 0.29) is 23.4 Å². The zero-order valence-electron chi connectivity index (χ0n) is 16.6. The van der Waals surface area contributed by atoms with Gasteiger partial charge in [-0.15, -0.1) is 0 Å². The van der Waals surface area contributed by atoms with Crippen molar-refractivity contribution in [2.45, 2.75) is 56.4 Å². The molecule has 5 nitrogen and oxygen atoms in total. The van der Waals surface area contributed by atoms with Gasteiger partial charge in [0.1, 0.15) is 6.54 Å². The molecule has 2 aromatic carbocycles. The van der Waals surface area contributed by atoms with Crippen molar-refractivity contribution in [3.63, 3.8) is 0 Å². The summed E-state index contributed by atoms with van der Waals surface area (Å²) in [6.45, 7) is 1.58. The van der Waals surface area contributed by atoms with Gasteiger partial charge >= 0.3 is 0 Å². The number of para-hydroxylation sites is 1. The van der Waals surface area contributed by atoms with Crippen LogP contribution in [0.15, 0.2) is 53.4 Å². The van der Waals surface area contributed by atoms with E-state index in [1.54, 1.807) is 12.1 Å². The summed E-state index contributed by atoms with van der Waals surface area (Å²) >= 11 is 5.92. The van der Waals surface area contributed by atoms with Gasteiger partial charge in [0.05, 0.1) is 10.6 Å². The Hall–Kier alpha value is -2.05. The monoisotopic (exact) mass is 434 g/mol. The van der Waals surface area contributed by atoms with Crippen LogP contribution in [0.3, 0.4) is 0 Å². The Morgan fingerprint density at radius 3 is 2.28 bits per heavy atom. The standard InChI is InChI=1S/C22H27ClN2O3S/c1-17-8-6-7-11-21(17)25(29(27,28)20-14-12-18(23)13-15-20)16-22(26)24-19-9-4-2-3-5-10-19/h6-8,11-15,19H,2-5,9-10,16H2,1H3,(H,24,26). The maximum absolute atomic E-state index is 13.4. The number of sulfonamides is 1. The van der Waals surface area contributed by atoms with Crippen molar-refractivity contribution in [2.24, 2.45) is 0 Å². The van der Waals surface area contributed by atoms with Gasteiger partial charge in [-0.3, -0.25) is 9.10 Å². The molecule has 1 N–H and O–H groups in total. The van der Waals surface area contributed by atoms with Crippen LogP contribution in [0, 0.1) is 6.92 Å². The number of amides is 1. The number of benzene rings is 2. The van der Waals surface area contributed by atoms with Gasteiger partial charge in [-0.25, -0.2) is 8.42 Å². The maximum atomic E-state index is 13.4. The second-order valence-corrected chi connectivity index (χ2v) is 9.81. The number of anilines is 1. The first-order valence-corrected chi connectivity index (χ1v) is 11.8. The summed E-state index contributed by atoms with van der Waals surface area (Å²) in [5.74, 6) is -0.280. The third-order valence-corrected chi connectivity index (χ3v) is 7.32. The van der Waals surface area contributed by atoms with E-state index >= 15 is 0 Å². The van der Waals surface area contributed by atoms with Crippen LogP contribution in [0.5, 0.6) is 0 Å². The molecule has 3 rings (SSSR count). The van der Waals surface area contributed by atoms with E-state index in [2.05, 4.69) is 5.32 Å². The molecule has 1 amide bonds. The number of hydrogen-bond donors (Lipinski definition) is 1. The van der Waals surface area contributed by atoms with Crippen molar-refractivity contribution in [1.29, 1.82) is 0 Å². The number of nitrogens with zero attached hydrogens (tertiary/aromatic N) is 1. The summed E-state index contributed by atoms with van der Waals surface area (Å²) in [6.07, 6.45) is 6.45. The minimum atomic E-state index is -3.92. The lowest BCUT2D eigenvalue weighted by Gasteiger charge is -2.26. The summed E-state index contributed by atoms with van der Waals surface area (Å²) in [5.41, 5.74) is 1.28. The van der Waals surface area contributed by atoms with E-state index in [9.17, 15) is 13.2 Å². The first-order chi connectivity index (χ1) is 13.9. The first kappa shape index (κ1) is 21.7. The predicted octanol–water partition coefficient (Wildman–Crippen LogP) is 4.68. The van der Waals surface area contributed by atoms with Crippen LogP contribution in [0.2, 0.25) is 5.02 Å². The molecule has 156 valence electrons. The lowest BCUT2D eigenvalue weighted by atomic mass is 10.1. The zero-order chi connectivity index (χ0) is 20.9. The number of aryl methyl sites for hydroxylation is 1. The quantitative estimate of drug-likeness (QED) is 0.671. The average Bonchev–Trinajstić information content (AvgIpc) is 2.96. The fraction of sp³-hybridized carbons (Fsp3) is 0.409. The van der Waals surface area contributed by atoms with Gasteiger partial charge in [0.2, 0.25) is 5.91 Å². The van der Waals surface area contributed by atoms with Gasteiger partial charge in [-0.2, -0.15) is 0 Å². The number of rotatable bonds is 6. The highest BCUT2D eigenvalue weighted by Crippen LogP contribution is 2.27. The molecule has 0 spiro atoms. The molecular weight excluding hydrogens is 408 g/mol. The van der Waals surface area contributed by atoms with E-state index in [1.807, 2.05) is 19.1 Å². The Balaban J connectivity index is 1.88. The van der Waals surface area contributed by atoms with Crippen molar-refractivity contribution in [2.75, 3.05) is 10.8 Å². The summed E-state index contributed by atoms with van der Waals surface area (Å²) in [7, 11) is -3.92. The fourth-order valence-electron chi connectivity index (χ4n) is 3.70. The molecule has 1 aliphatic carbocycles. The SMILES string of the molecule is Cc1ccccc1N(CC(=O)NC1CCCCCC1)S(=O)(=O)c1ccc(Cl)cc1. The lowest BCUT2D eigenvalue weighted by Crippen LogP contribution is -2.44. The third kappa shape index (κ3) is 5.52. The van der Waals surface area contributed by atoms with Crippen LogP contribution in [0.25, 0.3) is 0 Å². The number of carbonyl (C=O) groups excluding carboxylic acids is 1. The molecule has 2 aromatic rings. The van der Waals surface area contributed by atoms with E-state index in [1.165, 1.54) is 41.4 Å². The number of carbonyl (C=O) groups is 1. The van der Waals surface area contributed by atoms with Crippen molar-refractivity contribution in [3.05, 3.63) is 59.1 Å². The number of nitrogens with one attached hydrogen (secondary N) is 1. The van der Waals surface area contributed by atoms with E-state index in [4.69, 9.17) is 11.6 Å². The summed E-state index contributed by atoms with van der Waals surface area (Å²) in [4.78, 5) is 12.9. The molecule has 0 aliphatic heterocycles. The Morgan fingerprint density at radius 2 is 1.66 bits per heavy atom. The van der Waals surface area contributed by atoms with Crippen LogP contribution in [0.4, 0.5) is 5.69 Å². The molecule has 1 saturated carbocycles. The molecule has 0 aromatic heterocycles. The third-order valence-electron chi connectivity index (χ3n) is 5.29. The fourth-order valence-corrected chi connectivity index (χ4v) is 5.32. The Bertz CT molecular complexity index is 937. The molecule has 0 unspecified atom stereocenters. The maximum Gasteiger partial charge on any atom is 0.264 e. The molecule has 0 radical (unpaired) electrons. The normalized spacial score (nSPS) is 15.5. The highest BCUT2D eigenvalue weighted by Gasteiger charge is 2.29. The predicted molar refractivity (Wildman–Crippen MR) is 117 cm³/mol. The molecule has 0 bridgehead atoms. The van der Waals surface area contributed by atoms with Gasteiger partial charge in [-0.05, 0) is 55.7 Å². The van der Waals surface area contributed by atoms with E-state index in [0.29, 0.717) is 10.7 Å². The van der Waals surface area contributed by atoms with Crippen molar-refractivity contribution in [1.82, 2.24) is 5.32 Å². The van der Waals surface area contributed by atoms with Crippen molar-refractivity contribution in [3.8, 4) is 0 Å². The molecule has 1 aliphatic rings.